The third-order valence-corrected chi connectivity index (χ3v) is 5.22. The molecule has 7 heteroatoms. The minimum Gasteiger partial charge on any atom is -0.486 e. The van der Waals surface area contributed by atoms with Gasteiger partial charge in [0, 0.05) is 12.8 Å². The molecule has 1 amide bonds. The van der Waals surface area contributed by atoms with E-state index in [1.165, 1.54) is 0 Å². The molecule has 1 unspecified atom stereocenters. The minimum atomic E-state index is -0.867. The van der Waals surface area contributed by atoms with Gasteiger partial charge in [-0.15, -0.1) is 12.4 Å². The van der Waals surface area contributed by atoms with Crippen molar-refractivity contribution >= 4 is 18.3 Å². The van der Waals surface area contributed by atoms with Gasteiger partial charge in [0.1, 0.15) is 18.5 Å². The minimum absolute atomic E-state index is 0. The van der Waals surface area contributed by atoms with E-state index >= 15 is 0 Å². The van der Waals surface area contributed by atoms with Crippen molar-refractivity contribution < 1.29 is 19.0 Å². The van der Waals surface area contributed by atoms with E-state index < -0.39 is 5.60 Å². The van der Waals surface area contributed by atoms with Gasteiger partial charge in [0.15, 0.2) is 17.1 Å². The molecule has 2 aliphatic heterocycles. The quantitative estimate of drug-likeness (QED) is 0.781. The average Bonchev–Trinajstić information content (AvgIpc) is 2.74. The molecule has 2 aromatic carbocycles. The summed E-state index contributed by atoms with van der Waals surface area (Å²) >= 11 is 0. The van der Waals surface area contributed by atoms with Crippen molar-refractivity contribution in [2.24, 2.45) is 0 Å². The van der Waals surface area contributed by atoms with Crippen LogP contribution in [-0.2, 0) is 4.79 Å². The molecule has 1 atom stereocenters. The van der Waals surface area contributed by atoms with Gasteiger partial charge in [-0.05, 0) is 44.3 Å². The molecule has 156 valence electrons. The van der Waals surface area contributed by atoms with Gasteiger partial charge < -0.3 is 24.8 Å². The molecule has 2 aliphatic rings. The van der Waals surface area contributed by atoms with E-state index in [2.05, 4.69) is 10.6 Å². The van der Waals surface area contributed by atoms with Gasteiger partial charge >= 0.3 is 0 Å². The highest BCUT2D eigenvalue weighted by atomic mass is 35.5. The van der Waals surface area contributed by atoms with Crippen molar-refractivity contribution in [1.29, 1.82) is 0 Å². The molecule has 0 aliphatic carbocycles. The van der Waals surface area contributed by atoms with Gasteiger partial charge in [-0.25, -0.2) is 0 Å². The summed E-state index contributed by atoms with van der Waals surface area (Å²) in [5, 5.41) is 6.33. The SMILES string of the molecule is Cc1ccc(OC2(C(=O)NCC3COc4ccccc4O3)CCNCC2)cc1.Cl. The van der Waals surface area contributed by atoms with E-state index in [0.717, 1.165) is 24.4 Å². The predicted molar refractivity (Wildman–Crippen MR) is 113 cm³/mol. The number of hydrogen-bond acceptors (Lipinski definition) is 5. The Morgan fingerprint density at radius 3 is 2.55 bits per heavy atom. The van der Waals surface area contributed by atoms with Crippen LogP contribution in [0.2, 0.25) is 0 Å². The number of amides is 1. The molecule has 4 rings (SSSR count). The van der Waals surface area contributed by atoms with E-state index in [1.54, 1.807) is 0 Å². The van der Waals surface area contributed by atoms with Crippen LogP contribution in [-0.4, -0.2) is 43.9 Å². The highest BCUT2D eigenvalue weighted by Crippen LogP contribution is 2.31. The first-order chi connectivity index (χ1) is 13.6. The van der Waals surface area contributed by atoms with Gasteiger partial charge in [0.25, 0.3) is 5.91 Å². The fourth-order valence-electron chi connectivity index (χ4n) is 3.57. The Bertz CT molecular complexity index is 822. The zero-order valence-electron chi connectivity index (χ0n) is 16.5. The number of piperidine rings is 1. The molecule has 2 aromatic rings. The lowest BCUT2D eigenvalue weighted by Gasteiger charge is -2.37. The third-order valence-electron chi connectivity index (χ3n) is 5.22. The Morgan fingerprint density at radius 2 is 1.83 bits per heavy atom. The third kappa shape index (κ3) is 4.95. The maximum atomic E-state index is 13.1. The molecule has 29 heavy (non-hydrogen) atoms. The number of benzene rings is 2. The predicted octanol–water partition coefficient (Wildman–Crippen LogP) is 2.87. The number of fused-ring (bicyclic) bond motifs is 1. The van der Waals surface area contributed by atoms with Gasteiger partial charge in [-0.3, -0.25) is 4.79 Å². The van der Waals surface area contributed by atoms with Crippen LogP contribution in [0.1, 0.15) is 18.4 Å². The van der Waals surface area contributed by atoms with Crippen LogP contribution >= 0.6 is 12.4 Å². The van der Waals surface area contributed by atoms with E-state index in [-0.39, 0.29) is 24.4 Å². The highest BCUT2D eigenvalue weighted by Gasteiger charge is 2.42. The molecular formula is C22H27ClN2O4. The molecule has 0 aromatic heterocycles. The second kappa shape index (κ2) is 9.37. The van der Waals surface area contributed by atoms with Crippen molar-refractivity contribution in [3.8, 4) is 17.2 Å². The molecule has 2 heterocycles. The van der Waals surface area contributed by atoms with Crippen molar-refractivity contribution in [1.82, 2.24) is 10.6 Å². The lowest BCUT2D eigenvalue weighted by atomic mass is 9.90. The fourth-order valence-corrected chi connectivity index (χ4v) is 3.57. The Balaban J connectivity index is 0.00000240. The normalized spacial score (nSPS) is 19.6. The summed E-state index contributed by atoms with van der Waals surface area (Å²) in [5.41, 5.74) is 0.291. The summed E-state index contributed by atoms with van der Waals surface area (Å²) in [6, 6.07) is 15.4. The summed E-state index contributed by atoms with van der Waals surface area (Å²) in [6.45, 7) is 4.30. The lowest BCUT2D eigenvalue weighted by Crippen LogP contribution is -2.58. The Labute approximate surface area is 177 Å². The molecule has 0 bridgehead atoms. The smallest absolute Gasteiger partial charge is 0.264 e. The second-order valence-corrected chi connectivity index (χ2v) is 7.37. The first kappa shape index (κ1) is 21.3. The topological polar surface area (TPSA) is 68.8 Å². The van der Waals surface area contributed by atoms with E-state index in [1.807, 2.05) is 55.5 Å². The summed E-state index contributed by atoms with van der Waals surface area (Å²) < 4.78 is 17.9. The van der Waals surface area contributed by atoms with Crippen LogP contribution in [0.15, 0.2) is 48.5 Å². The Kier molecular flexibility index (Phi) is 6.87. The number of carbonyl (C=O) groups excluding carboxylic acids is 1. The van der Waals surface area contributed by atoms with Gasteiger partial charge in [0.05, 0.1) is 6.54 Å². The first-order valence-corrected chi connectivity index (χ1v) is 9.78. The number of carbonyl (C=O) groups is 1. The summed E-state index contributed by atoms with van der Waals surface area (Å²) in [7, 11) is 0. The number of aryl methyl sites for hydroxylation is 1. The fraction of sp³-hybridized carbons (Fsp3) is 0.409. The van der Waals surface area contributed by atoms with E-state index in [0.29, 0.717) is 37.5 Å². The van der Waals surface area contributed by atoms with Crippen LogP contribution in [0.3, 0.4) is 0 Å². The molecular weight excluding hydrogens is 392 g/mol. The summed E-state index contributed by atoms with van der Waals surface area (Å²) in [4.78, 5) is 13.1. The standard InChI is InChI=1S/C22H26N2O4.ClH/c1-16-6-8-17(9-7-16)28-22(10-12-23-13-11-22)21(25)24-14-18-15-26-19-4-2-3-5-20(19)27-18;/h2-9,18,23H,10-15H2,1H3,(H,24,25);1H. The maximum Gasteiger partial charge on any atom is 0.264 e. The Hall–Kier alpha value is -2.44. The molecule has 0 saturated carbocycles. The highest BCUT2D eigenvalue weighted by molar-refractivity contribution is 5.86. The average molecular weight is 419 g/mol. The van der Waals surface area contributed by atoms with Crippen LogP contribution in [0, 0.1) is 6.92 Å². The maximum absolute atomic E-state index is 13.1. The molecule has 1 fully saturated rings. The largest absolute Gasteiger partial charge is 0.486 e. The van der Waals surface area contributed by atoms with Gasteiger partial charge in [-0.1, -0.05) is 29.8 Å². The van der Waals surface area contributed by atoms with Gasteiger partial charge in [0.2, 0.25) is 0 Å². The molecule has 1 saturated heterocycles. The number of rotatable bonds is 5. The monoisotopic (exact) mass is 418 g/mol. The van der Waals surface area contributed by atoms with Crippen molar-refractivity contribution in [3.63, 3.8) is 0 Å². The van der Waals surface area contributed by atoms with Crippen molar-refractivity contribution in [2.75, 3.05) is 26.2 Å². The summed E-state index contributed by atoms with van der Waals surface area (Å²) in [6.07, 6.45) is 1.02. The molecule has 0 spiro atoms. The Morgan fingerprint density at radius 1 is 1.14 bits per heavy atom. The van der Waals surface area contributed by atoms with E-state index in [4.69, 9.17) is 14.2 Å². The van der Waals surface area contributed by atoms with E-state index in [9.17, 15) is 4.79 Å². The van der Waals surface area contributed by atoms with Gasteiger partial charge in [-0.2, -0.15) is 0 Å². The van der Waals surface area contributed by atoms with Crippen LogP contribution in [0.4, 0.5) is 0 Å². The number of ether oxygens (including phenoxy) is 3. The second-order valence-electron chi connectivity index (χ2n) is 7.37. The molecule has 2 N–H and O–H groups in total. The number of halogens is 1. The number of para-hydroxylation sites is 2. The van der Waals surface area contributed by atoms with Crippen LogP contribution in [0.25, 0.3) is 0 Å². The number of nitrogens with one attached hydrogen (secondary N) is 2. The number of hydrogen-bond donors (Lipinski definition) is 2. The zero-order valence-corrected chi connectivity index (χ0v) is 17.3. The lowest BCUT2D eigenvalue weighted by molar-refractivity contribution is -0.139. The van der Waals surface area contributed by atoms with Crippen molar-refractivity contribution in [3.05, 3.63) is 54.1 Å². The van der Waals surface area contributed by atoms with Crippen LogP contribution in [0.5, 0.6) is 17.2 Å². The molecule has 6 nitrogen and oxygen atoms in total. The molecule has 0 radical (unpaired) electrons. The first-order valence-electron chi connectivity index (χ1n) is 9.78. The summed E-state index contributed by atoms with van der Waals surface area (Å²) in [5.74, 6) is 2.06. The van der Waals surface area contributed by atoms with Crippen LogP contribution < -0.4 is 24.8 Å². The van der Waals surface area contributed by atoms with Crippen molar-refractivity contribution in [2.45, 2.75) is 31.5 Å². The zero-order chi connectivity index (χ0) is 19.4.